The van der Waals surface area contributed by atoms with Gasteiger partial charge in [-0.1, -0.05) is 62.4 Å². The molecule has 2 N–H and O–H groups in total. The topological polar surface area (TPSA) is 94.9 Å². The molecular weight excluding hydrogens is 389 g/mol. The van der Waals surface area contributed by atoms with Gasteiger partial charge in [0.15, 0.2) is 0 Å². The fraction of sp³-hybridized carbons (Fsp3) is 0.636. The maximum atomic E-state index is 12.8. The molecule has 2 fully saturated rings. The zero-order valence-corrected chi connectivity index (χ0v) is 17.8. The predicted octanol–water partition coefficient (Wildman–Crippen LogP) is 3.77. The molecule has 1 amide bonds. The molecule has 6 nitrogen and oxygen atoms in total. The number of nitrogens with zero attached hydrogens (tertiary/aromatic N) is 1. The highest BCUT2D eigenvalue weighted by Gasteiger charge is 2.43. The molecule has 0 aromatic heterocycles. The monoisotopic (exact) mass is 421 g/mol. The van der Waals surface area contributed by atoms with Gasteiger partial charge in [-0.2, -0.15) is 0 Å². The Kier molecular flexibility index (Phi) is 7.53. The van der Waals surface area contributed by atoms with E-state index in [0.717, 1.165) is 18.4 Å². The highest BCUT2D eigenvalue weighted by atomic mass is 31.2. The number of hydrogen-bond acceptors (Lipinski definition) is 3. The van der Waals surface area contributed by atoms with Crippen LogP contribution in [0.1, 0.15) is 50.5 Å². The molecule has 2 aliphatic rings. The van der Waals surface area contributed by atoms with Crippen LogP contribution >= 0.6 is 7.37 Å². The lowest BCUT2D eigenvalue weighted by Gasteiger charge is -2.27. The molecule has 1 aromatic carbocycles. The third-order valence-electron chi connectivity index (χ3n) is 6.45. The van der Waals surface area contributed by atoms with E-state index in [1.54, 1.807) is 0 Å². The molecule has 0 bridgehead atoms. The third-order valence-corrected chi connectivity index (χ3v) is 8.23. The fourth-order valence-corrected chi connectivity index (χ4v) is 6.30. The van der Waals surface area contributed by atoms with E-state index in [1.807, 2.05) is 30.3 Å². The molecule has 0 spiro atoms. The largest absolute Gasteiger partial charge is 0.480 e. The van der Waals surface area contributed by atoms with Crippen molar-refractivity contribution < 1.29 is 24.2 Å². The number of carboxylic acids is 1. The van der Waals surface area contributed by atoms with Gasteiger partial charge in [0.05, 0.1) is 0 Å². The van der Waals surface area contributed by atoms with Crippen LogP contribution in [-0.4, -0.2) is 51.7 Å². The lowest BCUT2D eigenvalue weighted by Crippen LogP contribution is -2.42. The zero-order valence-electron chi connectivity index (χ0n) is 16.9. The number of rotatable bonds is 8. The number of carbonyl (C=O) groups excluding carboxylic acids is 1. The van der Waals surface area contributed by atoms with E-state index in [4.69, 9.17) is 0 Å². The van der Waals surface area contributed by atoms with Crippen molar-refractivity contribution in [2.45, 2.75) is 57.4 Å². The minimum absolute atomic E-state index is 0.0747. The molecule has 160 valence electrons. The minimum atomic E-state index is -3.63. The van der Waals surface area contributed by atoms with Crippen LogP contribution in [0, 0.1) is 11.8 Å². The van der Waals surface area contributed by atoms with Crippen LogP contribution in [0.3, 0.4) is 0 Å². The Morgan fingerprint density at radius 2 is 1.76 bits per heavy atom. The number of carboxylic acid groups (broad SMARTS) is 1. The van der Waals surface area contributed by atoms with Gasteiger partial charge < -0.3 is 14.9 Å². The maximum absolute atomic E-state index is 12.8. The molecule has 29 heavy (non-hydrogen) atoms. The summed E-state index contributed by atoms with van der Waals surface area (Å²) < 4.78 is 12.6. The average Bonchev–Trinajstić information content (AvgIpc) is 3.15. The first-order valence-electron chi connectivity index (χ1n) is 10.7. The molecule has 1 saturated carbocycles. The summed E-state index contributed by atoms with van der Waals surface area (Å²) in [7, 11) is -3.63. The molecule has 3 atom stereocenters. The number of carbonyl (C=O) groups is 2. The highest BCUT2D eigenvalue weighted by Crippen LogP contribution is 2.43. The summed E-state index contributed by atoms with van der Waals surface area (Å²) in [5.74, 6) is -0.832. The van der Waals surface area contributed by atoms with E-state index in [0.29, 0.717) is 31.7 Å². The quantitative estimate of drug-likeness (QED) is 0.623. The summed E-state index contributed by atoms with van der Waals surface area (Å²) in [5, 5.41) is 9.59. The van der Waals surface area contributed by atoms with Crippen molar-refractivity contribution >= 4 is 19.2 Å². The number of likely N-dealkylation sites (tertiary alicyclic amines) is 1. The van der Waals surface area contributed by atoms with Gasteiger partial charge in [-0.25, -0.2) is 4.79 Å². The molecule has 1 aromatic rings. The smallest absolute Gasteiger partial charge is 0.326 e. The second-order valence-electron chi connectivity index (χ2n) is 8.61. The van der Waals surface area contributed by atoms with E-state index < -0.39 is 31.4 Å². The Labute approximate surface area is 172 Å². The highest BCUT2D eigenvalue weighted by molar-refractivity contribution is 7.58. The van der Waals surface area contributed by atoms with Crippen LogP contribution < -0.4 is 0 Å². The van der Waals surface area contributed by atoms with Crippen molar-refractivity contribution in [2.24, 2.45) is 11.8 Å². The summed E-state index contributed by atoms with van der Waals surface area (Å²) in [6.45, 7) is 0.407. The first-order chi connectivity index (χ1) is 13.9. The van der Waals surface area contributed by atoms with Gasteiger partial charge in [0.25, 0.3) is 0 Å². The van der Waals surface area contributed by atoms with Crippen molar-refractivity contribution in [1.82, 2.24) is 4.90 Å². The Morgan fingerprint density at radius 1 is 1.07 bits per heavy atom. The zero-order chi connectivity index (χ0) is 20.9. The van der Waals surface area contributed by atoms with Crippen LogP contribution in [0.2, 0.25) is 0 Å². The van der Waals surface area contributed by atoms with Crippen molar-refractivity contribution in [2.75, 3.05) is 18.9 Å². The summed E-state index contributed by atoms with van der Waals surface area (Å²) in [6.07, 6.45) is 7.05. The number of benzene rings is 1. The van der Waals surface area contributed by atoms with E-state index in [1.165, 1.54) is 24.2 Å². The maximum Gasteiger partial charge on any atom is 0.326 e. The van der Waals surface area contributed by atoms with Gasteiger partial charge >= 0.3 is 5.97 Å². The van der Waals surface area contributed by atoms with Crippen molar-refractivity contribution in [3.63, 3.8) is 0 Å². The van der Waals surface area contributed by atoms with Gasteiger partial charge in [0.2, 0.25) is 13.3 Å². The van der Waals surface area contributed by atoms with Gasteiger partial charge in [-0.3, -0.25) is 9.36 Å². The van der Waals surface area contributed by atoms with Gasteiger partial charge in [0, 0.05) is 12.7 Å². The summed E-state index contributed by atoms with van der Waals surface area (Å²) in [4.78, 5) is 36.2. The average molecular weight is 421 g/mol. The van der Waals surface area contributed by atoms with Gasteiger partial charge in [-0.15, -0.1) is 0 Å². The summed E-state index contributed by atoms with van der Waals surface area (Å²) >= 11 is 0. The Morgan fingerprint density at radius 3 is 2.41 bits per heavy atom. The number of aliphatic carboxylic acids is 1. The fourth-order valence-electron chi connectivity index (χ4n) is 4.88. The summed E-state index contributed by atoms with van der Waals surface area (Å²) in [6, 6.07) is 8.87. The molecule has 3 rings (SSSR count). The molecule has 7 heteroatoms. The molecule has 1 aliphatic carbocycles. The molecule has 1 saturated heterocycles. The van der Waals surface area contributed by atoms with Crippen LogP contribution in [0.4, 0.5) is 0 Å². The lowest BCUT2D eigenvalue weighted by atomic mass is 9.79. The van der Waals surface area contributed by atoms with Crippen molar-refractivity contribution in [3.8, 4) is 0 Å². The predicted molar refractivity (Wildman–Crippen MR) is 112 cm³/mol. The first kappa shape index (κ1) is 22.0. The van der Waals surface area contributed by atoms with Crippen LogP contribution in [0.25, 0.3) is 0 Å². The first-order valence-corrected chi connectivity index (χ1v) is 12.8. The molecule has 1 heterocycles. The third kappa shape index (κ3) is 6.16. The van der Waals surface area contributed by atoms with Gasteiger partial charge in [-0.05, 0) is 36.7 Å². The van der Waals surface area contributed by atoms with Crippen LogP contribution in [-0.2, 0) is 20.6 Å². The standard InChI is InChI=1S/C22H32NO5P/c24-21(16-29(27,28)13-7-10-17-8-3-1-4-9-17)23-15-19(14-20(23)22(25)26)18-11-5-2-6-12-18/h1,3-4,8-9,18-20H,2,5-7,10-16H2,(H,25,26)(H,27,28)/t19-,20+/m1/s1. The minimum Gasteiger partial charge on any atom is -0.480 e. The normalized spacial score (nSPS) is 24.9. The van der Waals surface area contributed by atoms with E-state index in [-0.39, 0.29) is 12.1 Å². The second-order valence-corrected chi connectivity index (χ2v) is 11.1. The molecule has 0 radical (unpaired) electrons. The SMILES string of the molecule is O=C(O)[C@@H]1C[C@@H](C2CCCCC2)CN1C(=O)CP(=O)(O)CCCc1ccccc1. The lowest BCUT2D eigenvalue weighted by molar-refractivity contribution is -0.147. The molecule has 1 unspecified atom stereocenters. The van der Waals surface area contributed by atoms with E-state index in [2.05, 4.69) is 0 Å². The molecule has 1 aliphatic heterocycles. The van der Waals surface area contributed by atoms with Crippen molar-refractivity contribution in [1.29, 1.82) is 0 Å². The number of aryl methyl sites for hydroxylation is 1. The summed E-state index contributed by atoms with van der Waals surface area (Å²) in [5.41, 5.74) is 1.10. The van der Waals surface area contributed by atoms with Gasteiger partial charge in [0.1, 0.15) is 12.2 Å². The van der Waals surface area contributed by atoms with Crippen LogP contribution in [0.15, 0.2) is 30.3 Å². The molecular formula is C22H32NO5P. The van der Waals surface area contributed by atoms with Crippen LogP contribution in [0.5, 0.6) is 0 Å². The number of amides is 1. The second kappa shape index (κ2) is 9.90. The van der Waals surface area contributed by atoms with E-state index >= 15 is 0 Å². The van der Waals surface area contributed by atoms with E-state index in [9.17, 15) is 24.2 Å². The number of hydrogen-bond donors (Lipinski definition) is 2. The Bertz CT molecular complexity index is 747. The Hall–Kier alpha value is -1.65. The Balaban J connectivity index is 1.55. The van der Waals surface area contributed by atoms with Crippen molar-refractivity contribution in [3.05, 3.63) is 35.9 Å².